The Morgan fingerprint density at radius 2 is 1.70 bits per heavy atom. The number of hydrogen-bond donors (Lipinski definition) is 1. The highest BCUT2D eigenvalue weighted by molar-refractivity contribution is 7.15. The highest BCUT2D eigenvalue weighted by Crippen LogP contribution is 2.36. The van der Waals surface area contributed by atoms with Gasteiger partial charge in [-0.2, -0.15) is 0 Å². The zero-order valence-electron chi connectivity index (χ0n) is 17.4. The standard InChI is InChI=1S/C24H25NO4S/c1-4-17-8-12-19(13-9-17)29-14-21(26)25-23-22(24(27)28-5-2)20(15-30-23)18-10-6-16(3)7-11-18/h6-13,15H,4-5,14H2,1-3H3,(H,25,26). The van der Waals surface area contributed by atoms with Crippen molar-refractivity contribution in [3.63, 3.8) is 0 Å². The summed E-state index contributed by atoms with van der Waals surface area (Å²) in [7, 11) is 0. The van der Waals surface area contributed by atoms with Crippen LogP contribution in [-0.4, -0.2) is 25.1 Å². The van der Waals surface area contributed by atoms with Crippen molar-refractivity contribution in [2.45, 2.75) is 27.2 Å². The van der Waals surface area contributed by atoms with Gasteiger partial charge in [0, 0.05) is 10.9 Å². The summed E-state index contributed by atoms with van der Waals surface area (Å²) in [4.78, 5) is 25.1. The van der Waals surface area contributed by atoms with Gasteiger partial charge in [-0.1, -0.05) is 48.9 Å². The first-order valence-electron chi connectivity index (χ1n) is 9.89. The van der Waals surface area contributed by atoms with Crippen LogP contribution in [0.4, 0.5) is 5.00 Å². The second-order valence-corrected chi connectivity index (χ2v) is 7.65. The van der Waals surface area contributed by atoms with E-state index in [0.29, 0.717) is 16.3 Å². The Morgan fingerprint density at radius 3 is 2.33 bits per heavy atom. The molecular formula is C24H25NO4S. The molecule has 0 aliphatic carbocycles. The van der Waals surface area contributed by atoms with Crippen LogP contribution in [0.25, 0.3) is 11.1 Å². The van der Waals surface area contributed by atoms with E-state index in [0.717, 1.165) is 23.1 Å². The number of thiophene rings is 1. The Bertz CT molecular complexity index is 1010. The first-order chi connectivity index (χ1) is 14.5. The molecular weight excluding hydrogens is 398 g/mol. The van der Waals surface area contributed by atoms with Crippen molar-refractivity contribution in [3.8, 4) is 16.9 Å². The van der Waals surface area contributed by atoms with Crippen LogP contribution in [0.15, 0.2) is 53.9 Å². The van der Waals surface area contributed by atoms with Gasteiger partial charge in [-0.15, -0.1) is 11.3 Å². The molecule has 5 nitrogen and oxygen atoms in total. The number of carbonyl (C=O) groups excluding carboxylic acids is 2. The minimum atomic E-state index is -0.458. The van der Waals surface area contributed by atoms with Crippen molar-refractivity contribution in [2.75, 3.05) is 18.5 Å². The fraction of sp³-hybridized carbons (Fsp3) is 0.250. The lowest BCUT2D eigenvalue weighted by Crippen LogP contribution is -2.21. The normalized spacial score (nSPS) is 10.5. The summed E-state index contributed by atoms with van der Waals surface area (Å²) in [5.74, 6) is -0.169. The van der Waals surface area contributed by atoms with Crippen molar-refractivity contribution in [3.05, 3.63) is 70.6 Å². The van der Waals surface area contributed by atoms with Gasteiger partial charge in [-0.25, -0.2) is 4.79 Å². The smallest absolute Gasteiger partial charge is 0.341 e. The van der Waals surface area contributed by atoms with E-state index in [-0.39, 0.29) is 19.1 Å². The number of rotatable bonds is 8. The lowest BCUT2D eigenvalue weighted by Gasteiger charge is -2.10. The molecule has 0 aliphatic heterocycles. The fourth-order valence-corrected chi connectivity index (χ4v) is 3.91. The van der Waals surface area contributed by atoms with E-state index in [1.165, 1.54) is 16.9 Å². The highest BCUT2D eigenvalue weighted by Gasteiger charge is 2.23. The predicted octanol–water partition coefficient (Wildman–Crippen LogP) is 5.48. The number of hydrogen-bond acceptors (Lipinski definition) is 5. The van der Waals surface area contributed by atoms with E-state index >= 15 is 0 Å². The molecule has 1 amide bonds. The maximum atomic E-state index is 12.6. The van der Waals surface area contributed by atoms with Gasteiger partial charge in [0.2, 0.25) is 0 Å². The third-order valence-corrected chi connectivity index (χ3v) is 5.48. The van der Waals surface area contributed by atoms with Gasteiger partial charge >= 0.3 is 5.97 Å². The summed E-state index contributed by atoms with van der Waals surface area (Å²) >= 11 is 1.30. The molecule has 156 valence electrons. The summed E-state index contributed by atoms with van der Waals surface area (Å²) in [6.07, 6.45) is 0.944. The first-order valence-corrected chi connectivity index (χ1v) is 10.8. The topological polar surface area (TPSA) is 64.6 Å². The third kappa shape index (κ3) is 5.27. The molecule has 0 radical (unpaired) electrons. The maximum absolute atomic E-state index is 12.6. The molecule has 0 saturated carbocycles. The second kappa shape index (κ2) is 10.1. The highest BCUT2D eigenvalue weighted by atomic mass is 32.1. The molecule has 0 saturated heterocycles. The molecule has 1 N–H and O–H groups in total. The van der Waals surface area contributed by atoms with Crippen molar-refractivity contribution in [1.82, 2.24) is 0 Å². The monoisotopic (exact) mass is 423 g/mol. The van der Waals surface area contributed by atoms with Gasteiger partial charge in [-0.05, 0) is 43.5 Å². The maximum Gasteiger partial charge on any atom is 0.341 e. The van der Waals surface area contributed by atoms with Gasteiger partial charge < -0.3 is 14.8 Å². The van der Waals surface area contributed by atoms with Crippen molar-refractivity contribution in [2.24, 2.45) is 0 Å². The number of carbonyl (C=O) groups is 2. The van der Waals surface area contributed by atoms with Crippen LogP contribution >= 0.6 is 11.3 Å². The van der Waals surface area contributed by atoms with Crippen LogP contribution < -0.4 is 10.1 Å². The van der Waals surface area contributed by atoms with Crippen molar-refractivity contribution < 1.29 is 19.1 Å². The SMILES string of the molecule is CCOC(=O)c1c(-c2ccc(C)cc2)csc1NC(=O)COc1ccc(CC)cc1. The van der Waals surface area contributed by atoms with Gasteiger partial charge in [0.1, 0.15) is 16.3 Å². The van der Waals surface area contributed by atoms with Gasteiger partial charge in [0.25, 0.3) is 5.91 Å². The summed E-state index contributed by atoms with van der Waals surface area (Å²) in [6.45, 7) is 5.95. The fourth-order valence-electron chi connectivity index (χ4n) is 2.93. The zero-order chi connectivity index (χ0) is 21.5. The zero-order valence-corrected chi connectivity index (χ0v) is 18.2. The summed E-state index contributed by atoms with van der Waals surface area (Å²) in [5.41, 5.74) is 4.33. The van der Waals surface area contributed by atoms with Crippen molar-refractivity contribution >= 4 is 28.2 Å². The Balaban J connectivity index is 1.76. The molecule has 6 heteroatoms. The Kier molecular flexibility index (Phi) is 7.25. The molecule has 30 heavy (non-hydrogen) atoms. The third-order valence-electron chi connectivity index (χ3n) is 4.59. The molecule has 0 bridgehead atoms. The predicted molar refractivity (Wildman–Crippen MR) is 120 cm³/mol. The quantitative estimate of drug-likeness (QED) is 0.487. The molecule has 3 rings (SSSR count). The van der Waals surface area contributed by atoms with Crippen molar-refractivity contribution in [1.29, 1.82) is 0 Å². The van der Waals surface area contributed by atoms with Crippen LogP contribution in [0.5, 0.6) is 5.75 Å². The minimum Gasteiger partial charge on any atom is -0.484 e. The summed E-state index contributed by atoms with van der Waals surface area (Å²) in [5, 5.41) is 5.11. The molecule has 3 aromatic rings. The number of amides is 1. The molecule has 0 fully saturated rings. The van der Waals surface area contributed by atoms with Crippen LogP contribution in [0, 0.1) is 6.92 Å². The van der Waals surface area contributed by atoms with Gasteiger partial charge in [-0.3, -0.25) is 4.79 Å². The Labute approximate surface area is 180 Å². The number of esters is 1. The Hall–Kier alpha value is -3.12. The van der Waals surface area contributed by atoms with E-state index < -0.39 is 5.97 Å². The van der Waals surface area contributed by atoms with Crippen LogP contribution in [0.2, 0.25) is 0 Å². The number of aryl methyl sites for hydroxylation is 2. The van der Waals surface area contributed by atoms with Crippen LogP contribution in [0.3, 0.4) is 0 Å². The average Bonchev–Trinajstić information content (AvgIpc) is 3.17. The minimum absolute atomic E-state index is 0.147. The summed E-state index contributed by atoms with van der Waals surface area (Å²) in [6, 6.07) is 15.5. The summed E-state index contributed by atoms with van der Waals surface area (Å²) < 4.78 is 10.8. The second-order valence-electron chi connectivity index (χ2n) is 6.77. The number of nitrogens with one attached hydrogen (secondary N) is 1. The van der Waals surface area contributed by atoms with E-state index in [2.05, 4.69) is 12.2 Å². The van der Waals surface area contributed by atoms with Crippen LogP contribution in [-0.2, 0) is 16.0 Å². The average molecular weight is 424 g/mol. The van der Waals surface area contributed by atoms with E-state index in [9.17, 15) is 9.59 Å². The lowest BCUT2D eigenvalue weighted by atomic mass is 10.0. The number of ether oxygens (including phenoxy) is 2. The van der Waals surface area contributed by atoms with Crippen LogP contribution in [0.1, 0.15) is 35.3 Å². The lowest BCUT2D eigenvalue weighted by molar-refractivity contribution is -0.118. The molecule has 1 aromatic heterocycles. The largest absolute Gasteiger partial charge is 0.484 e. The van der Waals surface area contributed by atoms with Gasteiger partial charge in [0.05, 0.1) is 6.61 Å². The molecule has 0 aliphatic rings. The molecule has 0 spiro atoms. The molecule has 0 atom stereocenters. The van der Waals surface area contributed by atoms with E-state index in [4.69, 9.17) is 9.47 Å². The molecule has 0 unspecified atom stereocenters. The number of benzene rings is 2. The van der Waals surface area contributed by atoms with E-state index in [1.54, 1.807) is 6.92 Å². The number of anilines is 1. The van der Waals surface area contributed by atoms with Gasteiger partial charge in [0.15, 0.2) is 6.61 Å². The first kappa shape index (κ1) is 21.6. The molecule has 1 heterocycles. The molecule has 2 aromatic carbocycles. The Morgan fingerprint density at radius 1 is 1.00 bits per heavy atom. The van der Waals surface area contributed by atoms with E-state index in [1.807, 2.05) is 60.8 Å².